The van der Waals surface area contributed by atoms with Crippen LogP contribution in [0.5, 0.6) is 0 Å². The first kappa shape index (κ1) is 21.7. The monoisotopic (exact) mass is 439 g/mol. The lowest BCUT2D eigenvalue weighted by molar-refractivity contribution is 0.0635. The number of rotatable bonds is 4. The van der Waals surface area contributed by atoms with Gasteiger partial charge in [-0.3, -0.25) is 14.8 Å². The highest BCUT2D eigenvalue weighted by Gasteiger charge is 2.28. The van der Waals surface area contributed by atoms with Crippen LogP contribution in [0.1, 0.15) is 61.3 Å². The summed E-state index contributed by atoms with van der Waals surface area (Å²) in [5, 5.41) is 10.2. The summed E-state index contributed by atoms with van der Waals surface area (Å²) < 4.78 is 21.4. The zero-order chi connectivity index (χ0) is 23.2. The zero-order valence-corrected chi connectivity index (χ0v) is 18.7. The van der Waals surface area contributed by atoms with E-state index < -0.39 is 23.4 Å². The summed E-state index contributed by atoms with van der Waals surface area (Å²) in [6.45, 7) is 7.04. The second-order valence-corrected chi connectivity index (χ2v) is 9.05. The number of fused-ring (bicyclic) bond motifs is 1. The standard InChI is InChI=1S/C23H26FN5O3/c1-12-19-15(11-17(13-6-7-13)26-20(19)29(5)28-12)21(30)27-18-10-14(8-9-16(18)24)25-22(31)32-23(2,3)4/h8-11,13H,6-7H2,1-5H3,(H,25,31)(H,27,30). The number of carbonyl (C=O) groups excluding carboxylic acids is 2. The van der Waals surface area contributed by atoms with E-state index in [9.17, 15) is 14.0 Å². The van der Waals surface area contributed by atoms with Gasteiger partial charge in [-0.05, 0) is 64.8 Å². The average Bonchev–Trinajstić information content (AvgIpc) is 3.49. The predicted molar refractivity (Wildman–Crippen MR) is 119 cm³/mol. The number of nitrogens with one attached hydrogen (secondary N) is 2. The van der Waals surface area contributed by atoms with Gasteiger partial charge in [0.15, 0.2) is 5.65 Å². The van der Waals surface area contributed by atoms with Crippen molar-refractivity contribution in [1.29, 1.82) is 0 Å². The molecular formula is C23H26FN5O3. The molecule has 32 heavy (non-hydrogen) atoms. The molecule has 1 aliphatic rings. The van der Waals surface area contributed by atoms with E-state index in [4.69, 9.17) is 4.74 Å². The Morgan fingerprint density at radius 2 is 1.91 bits per heavy atom. The van der Waals surface area contributed by atoms with Crippen molar-refractivity contribution in [3.05, 3.63) is 47.0 Å². The third kappa shape index (κ3) is 4.56. The van der Waals surface area contributed by atoms with Crippen LogP contribution in [-0.4, -0.2) is 32.4 Å². The molecule has 8 nitrogen and oxygen atoms in total. The first-order chi connectivity index (χ1) is 15.0. The van der Waals surface area contributed by atoms with Gasteiger partial charge in [0.2, 0.25) is 0 Å². The van der Waals surface area contributed by atoms with Gasteiger partial charge in [0.25, 0.3) is 5.91 Å². The molecule has 0 unspecified atom stereocenters. The summed E-state index contributed by atoms with van der Waals surface area (Å²) in [7, 11) is 1.78. The van der Waals surface area contributed by atoms with Gasteiger partial charge < -0.3 is 10.1 Å². The SMILES string of the molecule is Cc1nn(C)c2nc(C3CC3)cc(C(=O)Nc3cc(NC(=O)OC(C)(C)C)ccc3F)c12. The van der Waals surface area contributed by atoms with Gasteiger partial charge in [-0.15, -0.1) is 0 Å². The highest BCUT2D eigenvalue weighted by molar-refractivity contribution is 6.13. The van der Waals surface area contributed by atoms with Gasteiger partial charge in [-0.25, -0.2) is 14.2 Å². The van der Waals surface area contributed by atoms with Crippen molar-refractivity contribution in [2.45, 2.75) is 52.1 Å². The topological polar surface area (TPSA) is 98.1 Å². The summed E-state index contributed by atoms with van der Waals surface area (Å²) in [6.07, 6.45) is 1.39. The van der Waals surface area contributed by atoms with Crippen LogP contribution in [0, 0.1) is 12.7 Å². The Balaban J connectivity index is 1.63. The lowest BCUT2D eigenvalue weighted by Crippen LogP contribution is -2.27. The number of aromatic nitrogens is 3. The normalized spacial score (nSPS) is 13.8. The second-order valence-electron chi connectivity index (χ2n) is 9.05. The summed E-state index contributed by atoms with van der Waals surface area (Å²) >= 11 is 0. The molecule has 0 radical (unpaired) electrons. The number of pyridine rings is 1. The van der Waals surface area contributed by atoms with Crippen molar-refractivity contribution in [2.75, 3.05) is 10.6 Å². The first-order valence-electron chi connectivity index (χ1n) is 10.5. The Kier molecular flexibility index (Phi) is 5.36. The summed E-state index contributed by atoms with van der Waals surface area (Å²) in [4.78, 5) is 29.9. The number of carbonyl (C=O) groups is 2. The number of ether oxygens (including phenoxy) is 1. The number of anilines is 2. The molecular weight excluding hydrogens is 413 g/mol. The van der Waals surface area contributed by atoms with Gasteiger partial charge in [0, 0.05) is 24.3 Å². The molecule has 168 valence electrons. The van der Waals surface area contributed by atoms with Gasteiger partial charge in [-0.2, -0.15) is 5.10 Å². The van der Waals surface area contributed by atoms with E-state index in [-0.39, 0.29) is 5.69 Å². The molecule has 1 aromatic carbocycles. The molecule has 2 aromatic heterocycles. The number of aryl methyl sites for hydroxylation is 2. The minimum Gasteiger partial charge on any atom is -0.444 e. The van der Waals surface area contributed by atoms with Crippen LogP contribution in [-0.2, 0) is 11.8 Å². The van der Waals surface area contributed by atoms with Crippen LogP contribution in [0.3, 0.4) is 0 Å². The van der Waals surface area contributed by atoms with Crippen molar-refractivity contribution in [1.82, 2.24) is 14.8 Å². The van der Waals surface area contributed by atoms with Crippen LogP contribution in [0.25, 0.3) is 11.0 Å². The molecule has 2 N–H and O–H groups in total. The molecule has 0 bridgehead atoms. The summed E-state index contributed by atoms with van der Waals surface area (Å²) in [6, 6.07) is 5.70. The quantitative estimate of drug-likeness (QED) is 0.603. The van der Waals surface area contributed by atoms with Gasteiger partial charge in [0.1, 0.15) is 11.4 Å². The van der Waals surface area contributed by atoms with Gasteiger partial charge in [-0.1, -0.05) is 0 Å². The molecule has 0 spiro atoms. The largest absolute Gasteiger partial charge is 0.444 e. The molecule has 0 saturated heterocycles. The number of hydrogen-bond donors (Lipinski definition) is 2. The second kappa shape index (κ2) is 7.89. The van der Waals surface area contributed by atoms with E-state index in [0.29, 0.717) is 33.9 Å². The molecule has 1 fully saturated rings. The Labute approximate surface area is 185 Å². The third-order valence-electron chi connectivity index (χ3n) is 5.09. The van der Waals surface area contributed by atoms with Gasteiger partial charge in [0.05, 0.1) is 22.3 Å². The lowest BCUT2D eigenvalue weighted by atomic mass is 10.1. The predicted octanol–water partition coefficient (Wildman–Crippen LogP) is 4.89. The lowest BCUT2D eigenvalue weighted by Gasteiger charge is -2.20. The molecule has 0 aliphatic heterocycles. The van der Waals surface area contributed by atoms with Crippen LogP contribution in [0.2, 0.25) is 0 Å². The van der Waals surface area contributed by atoms with E-state index in [0.717, 1.165) is 18.5 Å². The van der Waals surface area contributed by atoms with Crippen LogP contribution in [0.15, 0.2) is 24.3 Å². The third-order valence-corrected chi connectivity index (χ3v) is 5.09. The minimum absolute atomic E-state index is 0.0527. The van der Waals surface area contributed by atoms with E-state index in [1.807, 2.05) is 6.92 Å². The Morgan fingerprint density at radius 3 is 2.56 bits per heavy atom. The zero-order valence-electron chi connectivity index (χ0n) is 18.7. The molecule has 1 aliphatic carbocycles. The highest BCUT2D eigenvalue weighted by atomic mass is 19.1. The maximum absolute atomic E-state index is 14.5. The molecule has 1 saturated carbocycles. The van der Waals surface area contributed by atoms with Crippen LogP contribution in [0.4, 0.5) is 20.6 Å². The van der Waals surface area contributed by atoms with E-state index in [2.05, 4.69) is 20.7 Å². The first-order valence-corrected chi connectivity index (χ1v) is 10.5. The molecule has 4 rings (SSSR count). The van der Waals surface area contributed by atoms with Crippen LogP contribution < -0.4 is 10.6 Å². The summed E-state index contributed by atoms with van der Waals surface area (Å²) in [5.74, 6) is -0.758. The number of amides is 2. The average molecular weight is 439 g/mol. The maximum atomic E-state index is 14.5. The van der Waals surface area contributed by atoms with E-state index >= 15 is 0 Å². The number of benzene rings is 1. The minimum atomic E-state index is -0.672. The maximum Gasteiger partial charge on any atom is 0.412 e. The number of hydrogen-bond acceptors (Lipinski definition) is 5. The molecule has 3 aromatic rings. The van der Waals surface area contributed by atoms with Crippen molar-refractivity contribution >= 4 is 34.4 Å². The number of nitrogens with zero attached hydrogens (tertiary/aromatic N) is 3. The highest BCUT2D eigenvalue weighted by Crippen LogP contribution is 2.40. The Bertz CT molecular complexity index is 1220. The molecule has 9 heteroatoms. The van der Waals surface area contributed by atoms with Gasteiger partial charge >= 0.3 is 6.09 Å². The van der Waals surface area contributed by atoms with Crippen molar-refractivity contribution in [2.24, 2.45) is 7.05 Å². The van der Waals surface area contributed by atoms with E-state index in [1.54, 1.807) is 38.6 Å². The molecule has 0 atom stereocenters. The Morgan fingerprint density at radius 1 is 1.19 bits per heavy atom. The summed E-state index contributed by atoms with van der Waals surface area (Å²) in [5.41, 5.74) is 2.10. The van der Waals surface area contributed by atoms with Crippen molar-refractivity contribution in [3.63, 3.8) is 0 Å². The van der Waals surface area contributed by atoms with Crippen molar-refractivity contribution in [3.8, 4) is 0 Å². The smallest absolute Gasteiger partial charge is 0.412 e. The fourth-order valence-electron chi connectivity index (χ4n) is 3.54. The number of halogens is 1. The Hall–Kier alpha value is -3.49. The van der Waals surface area contributed by atoms with E-state index in [1.165, 1.54) is 18.2 Å². The van der Waals surface area contributed by atoms with Crippen LogP contribution >= 0.6 is 0 Å². The van der Waals surface area contributed by atoms with Crippen molar-refractivity contribution < 1.29 is 18.7 Å². The molecule has 2 heterocycles. The molecule has 2 amide bonds. The fraction of sp³-hybridized carbons (Fsp3) is 0.391. The fourth-order valence-corrected chi connectivity index (χ4v) is 3.54.